The number of carbonyl (C=O) groups excluding carboxylic acids is 2. The Labute approximate surface area is 113 Å². The van der Waals surface area contributed by atoms with Crippen LogP contribution in [0.3, 0.4) is 0 Å². The molecule has 0 saturated heterocycles. The number of thioether (sulfide) groups is 1. The van der Waals surface area contributed by atoms with E-state index in [0.717, 1.165) is 31.4 Å². The van der Waals surface area contributed by atoms with Gasteiger partial charge in [0.15, 0.2) is 0 Å². The first-order valence-corrected chi connectivity index (χ1v) is 7.87. The van der Waals surface area contributed by atoms with Gasteiger partial charge in [0.25, 0.3) is 0 Å². The highest BCUT2D eigenvalue weighted by Gasteiger charge is 2.33. The summed E-state index contributed by atoms with van der Waals surface area (Å²) >= 11 is 1.66. The molecule has 0 heterocycles. The topological polar surface area (TPSA) is 46.6 Å². The molecule has 18 heavy (non-hydrogen) atoms. The molecule has 5 heteroatoms. The SMILES string of the molecule is CCCCSCC(=O)N(CC(=O)OCC)C1CC1. The third-order valence-corrected chi connectivity index (χ3v) is 3.81. The molecule has 1 aliphatic rings. The van der Waals surface area contributed by atoms with Crippen molar-refractivity contribution in [3.8, 4) is 0 Å². The number of rotatable bonds is 9. The van der Waals surface area contributed by atoms with E-state index in [1.54, 1.807) is 23.6 Å². The largest absolute Gasteiger partial charge is 0.465 e. The van der Waals surface area contributed by atoms with Gasteiger partial charge in [-0.25, -0.2) is 0 Å². The normalized spacial score (nSPS) is 14.3. The summed E-state index contributed by atoms with van der Waals surface area (Å²) in [6.45, 7) is 4.41. The van der Waals surface area contributed by atoms with Crippen LogP contribution in [0.15, 0.2) is 0 Å². The lowest BCUT2D eigenvalue weighted by molar-refractivity contribution is -0.148. The number of hydrogen-bond donors (Lipinski definition) is 0. The third-order valence-electron chi connectivity index (χ3n) is 2.78. The summed E-state index contributed by atoms with van der Waals surface area (Å²) in [6, 6.07) is 0.272. The Morgan fingerprint density at radius 1 is 1.33 bits per heavy atom. The van der Waals surface area contributed by atoms with Gasteiger partial charge in [0, 0.05) is 6.04 Å². The van der Waals surface area contributed by atoms with E-state index in [9.17, 15) is 9.59 Å². The van der Waals surface area contributed by atoms with Crippen LogP contribution in [-0.4, -0.2) is 47.5 Å². The van der Waals surface area contributed by atoms with E-state index >= 15 is 0 Å². The fraction of sp³-hybridized carbons (Fsp3) is 0.846. The van der Waals surface area contributed by atoms with E-state index in [1.807, 2.05) is 0 Å². The second-order valence-electron chi connectivity index (χ2n) is 4.46. The molecule has 0 aliphatic heterocycles. The Kier molecular flexibility index (Phi) is 7.16. The quantitative estimate of drug-likeness (QED) is 0.476. The van der Waals surface area contributed by atoms with Crippen LogP contribution in [-0.2, 0) is 14.3 Å². The van der Waals surface area contributed by atoms with Crippen LogP contribution >= 0.6 is 11.8 Å². The van der Waals surface area contributed by atoms with Crippen LogP contribution in [0.1, 0.15) is 39.5 Å². The molecule has 0 aromatic heterocycles. The summed E-state index contributed by atoms with van der Waals surface area (Å²) < 4.78 is 4.90. The highest BCUT2D eigenvalue weighted by molar-refractivity contribution is 7.99. The molecule has 104 valence electrons. The predicted octanol–water partition coefficient (Wildman–Crippen LogP) is 2.07. The zero-order valence-electron chi connectivity index (χ0n) is 11.3. The molecule has 0 atom stereocenters. The summed E-state index contributed by atoms with van der Waals surface area (Å²) in [6.07, 6.45) is 4.32. The number of amides is 1. The fourth-order valence-corrected chi connectivity index (χ4v) is 2.62. The van der Waals surface area contributed by atoms with Gasteiger partial charge in [-0.3, -0.25) is 9.59 Å². The first-order valence-electron chi connectivity index (χ1n) is 6.71. The van der Waals surface area contributed by atoms with E-state index in [1.165, 1.54) is 0 Å². The van der Waals surface area contributed by atoms with Crippen molar-refractivity contribution >= 4 is 23.6 Å². The number of nitrogens with zero attached hydrogens (tertiary/aromatic N) is 1. The van der Waals surface area contributed by atoms with E-state index in [-0.39, 0.29) is 24.5 Å². The lowest BCUT2D eigenvalue weighted by Crippen LogP contribution is -2.39. The Morgan fingerprint density at radius 2 is 2.06 bits per heavy atom. The predicted molar refractivity (Wildman–Crippen MR) is 73.6 cm³/mol. The van der Waals surface area contributed by atoms with E-state index in [4.69, 9.17) is 4.74 Å². The molecular weight excluding hydrogens is 250 g/mol. The van der Waals surface area contributed by atoms with Gasteiger partial charge in [-0.15, -0.1) is 0 Å². The van der Waals surface area contributed by atoms with Crippen molar-refractivity contribution in [2.24, 2.45) is 0 Å². The number of unbranched alkanes of at least 4 members (excludes halogenated alkanes) is 1. The number of ether oxygens (including phenoxy) is 1. The Morgan fingerprint density at radius 3 is 2.61 bits per heavy atom. The van der Waals surface area contributed by atoms with Crippen LogP contribution in [0.5, 0.6) is 0 Å². The second kappa shape index (κ2) is 8.40. The van der Waals surface area contributed by atoms with Gasteiger partial charge in [-0.2, -0.15) is 11.8 Å². The summed E-state index contributed by atoms with van der Waals surface area (Å²) in [4.78, 5) is 25.2. The van der Waals surface area contributed by atoms with Crippen LogP contribution in [0, 0.1) is 0 Å². The monoisotopic (exact) mass is 273 g/mol. The molecule has 0 unspecified atom stereocenters. The van der Waals surface area contributed by atoms with Gasteiger partial charge < -0.3 is 9.64 Å². The molecule has 1 saturated carbocycles. The fourth-order valence-electron chi connectivity index (χ4n) is 1.64. The standard InChI is InChI=1S/C13H23NO3S/c1-3-5-8-18-10-12(15)14(11-6-7-11)9-13(16)17-4-2/h11H,3-10H2,1-2H3. The van der Waals surface area contributed by atoms with Crippen LogP contribution < -0.4 is 0 Å². The van der Waals surface area contributed by atoms with Gasteiger partial charge in [-0.1, -0.05) is 13.3 Å². The lowest BCUT2D eigenvalue weighted by Gasteiger charge is -2.21. The maximum atomic E-state index is 12.0. The molecule has 0 spiro atoms. The molecule has 1 aliphatic carbocycles. The molecule has 0 bridgehead atoms. The summed E-state index contributed by atoms with van der Waals surface area (Å²) in [5.41, 5.74) is 0. The summed E-state index contributed by atoms with van der Waals surface area (Å²) in [5.74, 6) is 1.28. The first-order chi connectivity index (χ1) is 8.69. The molecule has 4 nitrogen and oxygen atoms in total. The number of esters is 1. The van der Waals surface area contributed by atoms with Crippen molar-refractivity contribution in [1.82, 2.24) is 4.90 Å². The highest BCUT2D eigenvalue weighted by Crippen LogP contribution is 2.27. The molecule has 0 aromatic carbocycles. The van der Waals surface area contributed by atoms with Crippen molar-refractivity contribution in [3.05, 3.63) is 0 Å². The molecule has 1 rings (SSSR count). The molecule has 1 fully saturated rings. The van der Waals surface area contributed by atoms with Crippen molar-refractivity contribution in [3.63, 3.8) is 0 Å². The molecule has 0 N–H and O–H groups in total. The average molecular weight is 273 g/mol. The van der Waals surface area contributed by atoms with Crippen molar-refractivity contribution < 1.29 is 14.3 Å². The van der Waals surface area contributed by atoms with Gasteiger partial charge in [0.2, 0.25) is 5.91 Å². The third kappa shape index (κ3) is 5.76. The van der Waals surface area contributed by atoms with E-state index < -0.39 is 0 Å². The van der Waals surface area contributed by atoms with Crippen LogP contribution in [0.2, 0.25) is 0 Å². The van der Waals surface area contributed by atoms with Crippen molar-refractivity contribution in [2.75, 3.05) is 24.7 Å². The Hall–Kier alpha value is -0.710. The van der Waals surface area contributed by atoms with Gasteiger partial charge in [0.05, 0.1) is 12.4 Å². The maximum absolute atomic E-state index is 12.0. The van der Waals surface area contributed by atoms with Crippen molar-refractivity contribution in [1.29, 1.82) is 0 Å². The van der Waals surface area contributed by atoms with Crippen molar-refractivity contribution in [2.45, 2.75) is 45.6 Å². The maximum Gasteiger partial charge on any atom is 0.325 e. The Balaban J connectivity index is 2.31. The van der Waals surface area contributed by atoms with E-state index in [2.05, 4.69) is 6.92 Å². The minimum Gasteiger partial charge on any atom is -0.465 e. The molecule has 0 aromatic rings. The minimum absolute atomic E-state index is 0.0756. The summed E-state index contributed by atoms with van der Waals surface area (Å²) in [5, 5.41) is 0. The van der Waals surface area contributed by atoms with Crippen LogP contribution in [0.25, 0.3) is 0 Å². The minimum atomic E-state index is -0.295. The highest BCUT2D eigenvalue weighted by atomic mass is 32.2. The smallest absolute Gasteiger partial charge is 0.325 e. The zero-order chi connectivity index (χ0) is 13.4. The summed E-state index contributed by atoms with van der Waals surface area (Å²) in [7, 11) is 0. The van der Waals surface area contributed by atoms with E-state index in [0.29, 0.717) is 12.4 Å². The zero-order valence-corrected chi connectivity index (χ0v) is 12.1. The average Bonchev–Trinajstić information content (AvgIpc) is 3.16. The second-order valence-corrected chi connectivity index (χ2v) is 5.57. The van der Waals surface area contributed by atoms with Gasteiger partial charge in [-0.05, 0) is 31.9 Å². The number of carbonyl (C=O) groups is 2. The van der Waals surface area contributed by atoms with Gasteiger partial charge >= 0.3 is 5.97 Å². The van der Waals surface area contributed by atoms with Crippen LogP contribution in [0.4, 0.5) is 0 Å². The molecule has 1 amide bonds. The van der Waals surface area contributed by atoms with Gasteiger partial charge in [0.1, 0.15) is 6.54 Å². The lowest BCUT2D eigenvalue weighted by atomic mass is 10.4. The first kappa shape index (κ1) is 15.3. The number of hydrogen-bond acceptors (Lipinski definition) is 4. The Bertz CT molecular complexity index is 279. The molecule has 0 radical (unpaired) electrons. The molecular formula is C13H23NO3S.